The summed E-state index contributed by atoms with van der Waals surface area (Å²) in [5.41, 5.74) is 5.53. The van der Waals surface area contributed by atoms with Crippen LogP contribution in [0.25, 0.3) is 0 Å². The minimum Gasteiger partial charge on any atom is -0.378 e. The Morgan fingerprint density at radius 3 is 2.11 bits per heavy atom. The molecule has 35 heavy (non-hydrogen) atoms. The van der Waals surface area contributed by atoms with Gasteiger partial charge in [-0.05, 0) is 66.9 Å². The summed E-state index contributed by atoms with van der Waals surface area (Å²) in [5.74, 6) is 0. The third-order valence-corrected chi connectivity index (χ3v) is 8.35. The third kappa shape index (κ3) is 6.04. The van der Waals surface area contributed by atoms with Gasteiger partial charge in [-0.3, -0.25) is 4.90 Å². The molecule has 4 rings (SSSR count). The van der Waals surface area contributed by atoms with Crippen LogP contribution in [0.4, 0.5) is 11.4 Å². The summed E-state index contributed by atoms with van der Waals surface area (Å²) in [4.78, 5) is 7.17. The molecule has 1 unspecified atom stereocenters. The fourth-order valence-corrected chi connectivity index (χ4v) is 5.66. The van der Waals surface area contributed by atoms with Crippen LogP contribution in [-0.4, -0.2) is 60.1 Å². The van der Waals surface area contributed by atoms with Crippen molar-refractivity contribution >= 4 is 21.4 Å². The Morgan fingerprint density at radius 1 is 0.857 bits per heavy atom. The Bertz CT molecular complexity index is 1220. The Kier molecular flexibility index (Phi) is 7.79. The number of para-hydroxylation sites is 1. The summed E-state index contributed by atoms with van der Waals surface area (Å²) in [6.07, 6.45) is 0. The zero-order valence-electron chi connectivity index (χ0n) is 21.1. The zero-order valence-corrected chi connectivity index (χ0v) is 21.9. The predicted octanol–water partition coefficient (Wildman–Crippen LogP) is 4.21. The molecule has 0 saturated carbocycles. The maximum absolute atomic E-state index is 13.2. The van der Waals surface area contributed by atoms with Crippen molar-refractivity contribution in [2.75, 3.05) is 56.6 Å². The summed E-state index contributed by atoms with van der Waals surface area (Å²) >= 11 is 0. The lowest BCUT2D eigenvalue weighted by Gasteiger charge is -2.40. The number of hydrogen-bond donors (Lipinski definition) is 1. The second kappa shape index (κ2) is 10.8. The second-order valence-corrected chi connectivity index (χ2v) is 11.2. The van der Waals surface area contributed by atoms with E-state index in [9.17, 15) is 8.42 Å². The highest BCUT2D eigenvalue weighted by Crippen LogP contribution is 2.26. The average Bonchev–Trinajstić information content (AvgIpc) is 2.87. The Hall–Kier alpha value is -2.87. The van der Waals surface area contributed by atoms with Gasteiger partial charge in [-0.25, -0.2) is 13.1 Å². The van der Waals surface area contributed by atoms with Crippen molar-refractivity contribution in [3.63, 3.8) is 0 Å². The lowest BCUT2D eigenvalue weighted by Crippen LogP contribution is -2.49. The van der Waals surface area contributed by atoms with E-state index in [0.29, 0.717) is 11.4 Å². The lowest BCUT2D eigenvalue weighted by molar-refractivity contribution is 0.187. The van der Waals surface area contributed by atoms with Crippen LogP contribution < -0.4 is 14.5 Å². The number of sulfonamides is 1. The molecule has 186 valence electrons. The topological polar surface area (TPSA) is 55.9 Å². The van der Waals surface area contributed by atoms with Crippen LogP contribution >= 0.6 is 0 Å². The smallest absolute Gasteiger partial charge is 0.240 e. The van der Waals surface area contributed by atoms with E-state index in [0.717, 1.165) is 48.6 Å². The lowest BCUT2D eigenvalue weighted by atomic mass is 10.0. The van der Waals surface area contributed by atoms with E-state index in [1.807, 2.05) is 40.1 Å². The van der Waals surface area contributed by atoms with E-state index in [2.05, 4.69) is 68.0 Å². The van der Waals surface area contributed by atoms with Gasteiger partial charge in [0.1, 0.15) is 0 Å². The summed E-state index contributed by atoms with van der Waals surface area (Å²) in [6.45, 7) is 7.78. The number of benzene rings is 3. The number of rotatable bonds is 8. The molecule has 3 aromatic carbocycles. The van der Waals surface area contributed by atoms with Gasteiger partial charge in [0.2, 0.25) is 10.0 Å². The molecule has 1 fully saturated rings. The van der Waals surface area contributed by atoms with Crippen molar-refractivity contribution in [1.29, 1.82) is 0 Å². The normalized spacial score (nSPS) is 15.7. The highest BCUT2D eigenvalue weighted by molar-refractivity contribution is 7.89. The van der Waals surface area contributed by atoms with Crippen molar-refractivity contribution in [2.45, 2.75) is 24.8 Å². The molecule has 1 aliphatic rings. The second-order valence-electron chi connectivity index (χ2n) is 9.46. The van der Waals surface area contributed by atoms with Crippen LogP contribution in [0, 0.1) is 13.8 Å². The van der Waals surface area contributed by atoms with Crippen molar-refractivity contribution in [3.8, 4) is 0 Å². The summed E-state index contributed by atoms with van der Waals surface area (Å²) in [5, 5.41) is 0. The van der Waals surface area contributed by atoms with Gasteiger partial charge in [0, 0.05) is 64.2 Å². The van der Waals surface area contributed by atoms with E-state index in [-0.39, 0.29) is 6.04 Å². The van der Waals surface area contributed by atoms with Gasteiger partial charge in [-0.2, -0.15) is 0 Å². The van der Waals surface area contributed by atoms with E-state index < -0.39 is 10.0 Å². The molecule has 1 aliphatic heterocycles. The molecule has 1 atom stereocenters. The van der Waals surface area contributed by atoms with Gasteiger partial charge in [0.05, 0.1) is 4.90 Å². The Balaban J connectivity index is 1.53. The zero-order chi connectivity index (χ0) is 25.0. The molecule has 3 aromatic rings. The molecular formula is C28H36N4O2S. The van der Waals surface area contributed by atoms with Crippen LogP contribution in [0.2, 0.25) is 0 Å². The van der Waals surface area contributed by atoms with Gasteiger partial charge >= 0.3 is 0 Å². The number of anilines is 2. The van der Waals surface area contributed by atoms with Crippen molar-refractivity contribution < 1.29 is 8.42 Å². The molecule has 1 saturated heterocycles. The number of aryl methyl sites for hydroxylation is 2. The third-order valence-electron chi connectivity index (χ3n) is 6.93. The molecule has 7 heteroatoms. The van der Waals surface area contributed by atoms with Crippen molar-refractivity contribution in [2.24, 2.45) is 0 Å². The predicted molar refractivity (Wildman–Crippen MR) is 145 cm³/mol. The highest BCUT2D eigenvalue weighted by atomic mass is 32.2. The minimum atomic E-state index is -3.61. The first kappa shape index (κ1) is 25.2. The number of nitrogens with one attached hydrogen (secondary N) is 1. The summed E-state index contributed by atoms with van der Waals surface area (Å²) in [7, 11) is 0.430. The summed E-state index contributed by atoms with van der Waals surface area (Å²) < 4.78 is 29.2. The fourth-order valence-electron chi connectivity index (χ4n) is 4.54. The maximum atomic E-state index is 13.2. The van der Waals surface area contributed by atoms with Crippen LogP contribution in [0.1, 0.15) is 22.7 Å². The molecule has 1 heterocycles. The Morgan fingerprint density at radius 2 is 1.51 bits per heavy atom. The average molecular weight is 493 g/mol. The Labute approximate surface area is 210 Å². The van der Waals surface area contributed by atoms with E-state index in [4.69, 9.17) is 0 Å². The molecule has 0 aliphatic carbocycles. The largest absolute Gasteiger partial charge is 0.378 e. The number of hydrogen-bond acceptors (Lipinski definition) is 5. The van der Waals surface area contributed by atoms with Crippen LogP contribution in [0.15, 0.2) is 77.7 Å². The van der Waals surface area contributed by atoms with E-state index in [1.165, 1.54) is 5.69 Å². The monoisotopic (exact) mass is 492 g/mol. The van der Waals surface area contributed by atoms with Gasteiger partial charge < -0.3 is 9.80 Å². The first-order valence-electron chi connectivity index (χ1n) is 12.1. The van der Waals surface area contributed by atoms with Gasteiger partial charge in [0.25, 0.3) is 0 Å². The molecule has 0 bridgehead atoms. The summed E-state index contributed by atoms with van der Waals surface area (Å²) in [6, 6.07) is 24.1. The molecular weight excluding hydrogens is 456 g/mol. The van der Waals surface area contributed by atoms with Crippen molar-refractivity contribution in [3.05, 3.63) is 89.5 Å². The molecule has 0 spiro atoms. The van der Waals surface area contributed by atoms with Crippen LogP contribution in [0.3, 0.4) is 0 Å². The maximum Gasteiger partial charge on any atom is 0.240 e. The van der Waals surface area contributed by atoms with Gasteiger partial charge in [-0.15, -0.1) is 0 Å². The van der Waals surface area contributed by atoms with Gasteiger partial charge in [-0.1, -0.05) is 36.4 Å². The molecule has 0 amide bonds. The highest BCUT2D eigenvalue weighted by Gasteiger charge is 2.27. The number of nitrogens with zero attached hydrogens (tertiary/aromatic N) is 3. The molecule has 1 N–H and O–H groups in total. The SMILES string of the molecule is Cc1ccc(S(=O)(=O)NCC(c2ccc(N(C)C)cc2)N2CCN(c3ccccc3)CC2)cc1C. The first-order chi connectivity index (χ1) is 16.7. The quantitative estimate of drug-likeness (QED) is 0.511. The van der Waals surface area contributed by atoms with Crippen LogP contribution in [0.5, 0.6) is 0 Å². The molecule has 0 radical (unpaired) electrons. The van der Waals surface area contributed by atoms with Gasteiger partial charge in [0.15, 0.2) is 0 Å². The van der Waals surface area contributed by atoms with Crippen molar-refractivity contribution in [1.82, 2.24) is 9.62 Å². The fraction of sp³-hybridized carbons (Fsp3) is 0.357. The minimum absolute atomic E-state index is 0.0505. The number of piperazine rings is 1. The van der Waals surface area contributed by atoms with Crippen LogP contribution in [-0.2, 0) is 10.0 Å². The van der Waals surface area contributed by atoms with E-state index in [1.54, 1.807) is 12.1 Å². The first-order valence-corrected chi connectivity index (χ1v) is 13.6. The standard InChI is InChI=1S/C28H36N4O2S/c1-22-10-15-27(20-23(22)2)35(33,34)29-21-28(24-11-13-25(14-12-24)30(3)4)32-18-16-31(17-19-32)26-8-6-5-7-9-26/h5-15,20,28-29H,16-19,21H2,1-4H3. The molecule has 0 aromatic heterocycles. The molecule has 6 nitrogen and oxygen atoms in total. The van der Waals surface area contributed by atoms with E-state index >= 15 is 0 Å².